The quantitative estimate of drug-likeness (QED) is 0.508. The van der Waals surface area contributed by atoms with Crippen molar-refractivity contribution in [1.82, 2.24) is 23.0 Å². The first-order valence-corrected chi connectivity index (χ1v) is 10.9. The summed E-state index contributed by atoms with van der Waals surface area (Å²) in [4.78, 5) is 41.2. The van der Waals surface area contributed by atoms with Crippen molar-refractivity contribution in [2.24, 2.45) is 14.1 Å². The van der Waals surface area contributed by atoms with Gasteiger partial charge in [-0.25, -0.2) is 22.5 Å². The van der Waals surface area contributed by atoms with Gasteiger partial charge >= 0.3 is 5.69 Å². The molecule has 2 heterocycles. The van der Waals surface area contributed by atoms with Crippen LogP contribution in [-0.2, 0) is 35.5 Å². The predicted molar refractivity (Wildman–Crippen MR) is 117 cm³/mol. The molecular formula is C19H24N6O6S. The first kappa shape index (κ1) is 23.2. The molecule has 3 aromatic rings. The van der Waals surface area contributed by atoms with Crippen LogP contribution in [0.15, 0.2) is 39.0 Å². The molecule has 2 aromatic heterocycles. The molecule has 0 saturated heterocycles. The molecule has 0 fully saturated rings. The number of methoxy groups -OCH3 is 1. The van der Waals surface area contributed by atoms with Crippen LogP contribution in [0.1, 0.15) is 6.42 Å². The first-order chi connectivity index (χ1) is 15.0. The molecule has 0 spiro atoms. The van der Waals surface area contributed by atoms with Crippen LogP contribution in [0.5, 0.6) is 5.75 Å². The Morgan fingerprint density at radius 1 is 1.19 bits per heavy atom. The number of benzene rings is 1. The van der Waals surface area contributed by atoms with E-state index in [9.17, 15) is 22.8 Å². The number of sulfonamides is 1. The van der Waals surface area contributed by atoms with Gasteiger partial charge in [0.2, 0.25) is 15.9 Å². The predicted octanol–water partition coefficient (Wildman–Crippen LogP) is -0.279. The lowest BCUT2D eigenvalue weighted by atomic mass is 10.2. The van der Waals surface area contributed by atoms with Crippen molar-refractivity contribution in [2.45, 2.75) is 17.9 Å². The van der Waals surface area contributed by atoms with E-state index in [2.05, 4.69) is 10.3 Å². The maximum Gasteiger partial charge on any atom is 0.332 e. The van der Waals surface area contributed by atoms with Crippen molar-refractivity contribution < 1.29 is 17.9 Å². The van der Waals surface area contributed by atoms with Gasteiger partial charge in [0.1, 0.15) is 5.75 Å². The zero-order valence-electron chi connectivity index (χ0n) is 18.3. The number of nitrogens with zero attached hydrogens (tertiary/aromatic N) is 5. The number of carbonyl (C=O) groups is 1. The van der Waals surface area contributed by atoms with Crippen molar-refractivity contribution in [3.05, 3.63) is 45.4 Å². The van der Waals surface area contributed by atoms with Crippen molar-refractivity contribution >= 4 is 32.8 Å². The number of imidazole rings is 1. The highest BCUT2D eigenvalue weighted by Gasteiger charge is 2.20. The number of aromatic nitrogens is 4. The fourth-order valence-corrected chi connectivity index (χ4v) is 4.09. The molecule has 0 radical (unpaired) electrons. The molecule has 32 heavy (non-hydrogen) atoms. The first-order valence-electron chi connectivity index (χ1n) is 9.50. The summed E-state index contributed by atoms with van der Waals surface area (Å²) in [6, 6.07) is 4.17. The summed E-state index contributed by atoms with van der Waals surface area (Å²) in [6.45, 7) is 0.119. The van der Waals surface area contributed by atoms with Crippen LogP contribution in [0.4, 0.5) is 5.69 Å². The number of aryl methyl sites for hydroxylation is 2. The van der Waals surface area contributed by atoms with Crippen molar-refractivity contribution in [3.63, 3.8) is 0 Å². The summed E-state index contributed by atoms with van der Waals surface area (Å²) in [7, 11) is 3.41. The van der Waals surface area contributed by atoms with Gasteiger partial charge in [-0.2, -0.15) is 0 Å². The number of rotatable bonds is 7. The molecule has 1 amide bonds. The van der Waals surface area contributed by atoms with Gasteiger partial charge in [0.05, 0.1) is 24.0 Å². The van der Waals surface area contributed by atoms with Gasteiger partial charge in [-0.15, -0.1) is 0 Å². The van der Waals surface area contributed by atoms with E-state index in [1.54, 1.807) is 0 Å². The van der Waals surface area contributed by atoms with E-state index in [1.165, 1.54) is 69.0 Å². The number of carbonyl (C=O) groups excluding carboxylic acids is 1. The summed E-state index contributed by atoms with van der Waals surface area (Å²) in [5.74, 6) is -0.126. The van der Waals surface area contributed by atoms with Crippen LogP contribution >= 0.6 is 0 Å². The van der Waals surface area contributed by atoms with E-state index in [-0.39, 0.29) is 34.7 Å². The van der Waals surface area contributed by atoms with E-state index in [1.807, 2.05) is 0 Å². The van der Waals surface area contributed by atoms with Crippen LogP contribution in [0.2, 0.25) is 0 Å². The Labute approximate surface area is 183 Å². The molecule has 172 valence electrons. The Hall–Kier alpha value is -3.45. The molecule has 0 aliphatic carbocycles. The fraction of sp³-hybridized carbons (Fsp3) is 0.368. The van der Waals surface area contributed by atoms with Gasteiger partial charge in [0.15, 0.2) is 11.2 Å². The van der Waals surface area contributed by atoms with Gasteiger partial charge in [-0.3, -0.25) is 18.7 Å². The van der Waals surface area contributed by atoms with E-state index < -0.39 is 27.2 Å². The number of hydrogen-bond donors (Lipinski definition) is 1. The monoisotopic (exact) mass is 464 g/mol. The van der Waals surface area contributed by atoms with Crippen LogP contribution in [0.3, 0.4) is 0 Å². The number of anilines is 1. The van der Waals surface area contributed by atoms with Crippen molar-refractivity contribution in [3.8, 4) is 5.75 Å². The molecule has 3 rings (SSSR count). The van der Waals surface area contributed by atoms with E-state index in [0.29, 0.717) is 5.75 Å². The van der Waals surface area contributed by atoms with Gasteiger partial charge in [-0.05, 0) is 18.2 Å². The highest BCUT2D eigenvalue weighted by atomic mass is 32.2. The standard InChI is InChI=1S/C19H24N6O6S/c1-22(2)32(29,30)12-6-7-14(31-5)13(10-12)21-15(26)8-9-25-11-20-17-16(25)18(27)24(4)19(28)23(17)3/h6-7,10-11H,8-9H2,1-5H3,(H,21,26). The molecule has 1 N–H and O–H groups in total. The van der Waals surface area contributed by atoms with Gasteiger partial charge in [0.25, 0.3) is 5.56 Å². The molecule has 0 unspecified atom stereocenters. The molecule has 1 aromatic carbocycles. The number of amides is 1. The average molecular weight is 465 g/mol. The second-order valence-electron chi connectivity index (χ2n) is 7.26. The lowest BCUT2D eigenvalue weighted by Crippen LogP contribution is -2.37. The second kappa shape index (κ2) is 8.59. The number of ether oxygens (including phenoxy) is 1. The molecule has 12 nitrogen and oxygen atoms in total. The third kappa shape index (κ3) is 4.03. The summed E-state index contributed by atoms with van der Waals surface area (Å²) in [5.41, 5.74) is -0.371. The summed E-state index contributed by atoms with van der Waals surface area (Å²) >= 11 is 0. The fourth-order valence-electron chi connectivity index (χ4n) is 3.16. The number of nitrogens with one attached hydrogen (secondary N) is 1. The molecule has 13 heteroatoms. The van der Waals surface area contributed by atoms with Crippen LogP contribution in [-0.4, -0.2) is 58.5 Å². The Balaban J connectivity index is 1.85. The second-order valence-corrected chi connectivity index (χ2v) is 9.42. The van der Waals surface area contributed by atoms with Gasteiger partial charge in [-0.1, -0.05) is 0 Å². The van der Waals surface area contributed by atoms with E-state index in [4.69, 9.17) is 4.74 Å². The molecule has 0 aliphatic heterocycles. The van der Waals surface area contributed by atoms with E-state index >= 15 is 0 Å². The zero-order chi connectivity index (χ0) is 23.8. The summed E-state index contributed by atoms with van der Waals surface area (Å²) < 4.78 is 34.8. The van der Waals surface area contributed by atoms with Crippen molar-refractivity contribution in [2.75, 3.05) is 26.5 Å². The lowest BCUT2D eigenvalue weighted by molar-refractivity contribution is -0.116. The zero-order valence-corrected chi connectivity index (χ0v) is 19.1. The Bertz CT molecular complexity index is 1420. The van der Waals surface area contributed by atoms with Gasteiger partial charge in [0, 0.05) is 41.2 Å². The molecule has 0 aliphatic rings. The number of fused-ring (bicyclic) bond motifs is 1. The summed E-state index contributed by atoms with van der Waals surface area (Å²) in [5, 5.41) is 2.65. The average Bonchev–Trinajstić information content (AvgIpc) is 3.18. The minimum atomic E-state index is -3.70. The summed E-state index contributed by atoms with van der Waals surface area (Å²) in [6.07, 6.45) is 1.36. The molecule has 0 bridgehead atoms. The SMILES string of the molecule is COc1ccc(S(=O)(=O)N(C)C)cc1NC(=O)CCn1cnc2c1c(=O)n(C)c(=O)n2C. The lowest BCUT2D eigenvalue weighted by Gasteiger charge is -2.15. The van der Waals surface area contributed by atoms with Gasteiger partial charge < -0.3 is 14.6 Å². The molecular weight excluding hydrogens is 440 g/mol. The molecule has 0 saturated carbocycles. The largest absolute Gasteiger partial charge is 0.495 e. The normalized spacial score (nSPS) is 11.8. The van der Waals surface area contributed by atoms with E-state index in [0.717, 1.165) is 8.87 Å². The highest BCUT2D eigenvalue weighted by Crippen LogP contribution is 2.28. The van der Waals surface area contributed by atoms with Crippen molar-refractivity contribution in [1.29, 1.82) is 0 Å². The highest BCUT2D eigenvalue weighted by molar-refractivity contribution is 7.89. The van der Waals surface area contributed by atoms with Crippen LogP contribution in [0, 0.1) is 0 Å². The minimum absolute atomic E-state index is 0.00335. The smallest absolute Gasteiger partial charge is 0.332 e. The third-order valence-corrected chi connectivity index (χ3v) is 6.83. The Kier molecular flexibility index (Phi) is 6.23. The maximum absolute atomic E-state index is 12.6. The topological polar surface area (TPSA) is 138 Å². The third-order valence-electron chi connectivity index (χ3n) is 5.02. The van der Waals surface area contributed by atoms with Crippen LogP contribution in [0.25, 0.3) is 11.2 Å². The number of hydrogen-bond acceptors (Lipinski definition) is 7. The minimum Gasteiger partial charge on any atom is -0.495 e. The Morgan fingerprint density at radius 2 is 1.88 bits per heavy atom. The van der Waals surface area contributed by atoms with Crippen LogP contribution < -0.4 is 21.3 Å². The Morgan fingerprint density at radius 3 is 2.50 bits per heavy atom. The maximum atomic E-state index is 12.6. The molecule has 0 atom stereocenters.